The van der Waals surface area contributed by atoms with Crippen molar-refractivity contribution in [1.82, 2.24) is 10.2 Å². The molecular formula is C23H27FN2O4. The monoisotopic (exact) mass is 414 g/mol. The summed E-state index contributed by atoms with van der Waals surface area (Å²) in [6, 6.07) is 10.4. The van der Waals surface area contributed by atoms with E-state index in [-0.39, 0.29) is 30.6 Å². The van der Waals surface area contributed by atoms with Crippen LogP contribution in [0.25, 0.3) is 0 Å². The van der Waals surface area contributed by atoms with Crippen LogP contribution in [0.15, 0.2) is 55.1 Å². The molecule has 30 heavy (non-hydrogen) atoms. The second-order valence-electron chi connectivity index (χ2n) is 6.72. The second-order valence-corrected chi connectivity index (χ2v) is 6.72. The molecule has 0 bridgehead atoms. The Kier molecular flexibility index (Phi) is 8.41. The van der Waals surface area contributed by atoms with Crippen molar-refractivity contribution in [3.8, 4) is 11.5 Å². The van der Waals surface area contributed by atoms with Crippen LogP contribution in [-0.2, 0) is 22.6 Å². The highest BCUT2D eigenvalue weighted by atomic mass is 19.1. The number of methoxy groups -OCH3 is 2. The van der Waals surface area contributed by atoms with E-state index in [1.54, 1.807) is 43.3 Å². The number of carbonyl (C=O) groups excluding carboxylic acids is 2. The molecule has 0 saturated carbocycles. The molecule has 0 aliphatic carbocycles. The van der Waals surface area contributed by atoms with Crippen LogP contribution in [0.1, 0.15) is 18.1 Å². The maximum absolute atomic E-state index is 13.3. The summed E-state index contributed by atoms with van der Waals surface area (Å²) in [7, 11) is 3.06. The number of halogens is 1. The van der Waals surface area contributed by atoms with Crippen molar-refractivity contribution in [2.75, 3.05) is 20.8 Å². The van der Waals surface area contributed by atoms with Gasteiger partial charge in [-0.25, -0.2) is 4.39 Å². The van der Waals surface area contributed by atoms with Gasteiger partial charge in [-0.2, -0.15) is 0 Å². The van der Waals surface area contributed by atoms with Crippen molar-refractivity contribution in [2.24, 2.45) is 0 Å². The largest absolute Gasteiger partial charge is 0.493 e. The number of nitrogens with zero attached hydrogens (tertiary/aromatic N) is 1. The minimum absolute atomic E-state index is 0.0701. The summed E-state index contributed by atoms with van der Waals surface area (Å²) in [5, 5.41) is 2.71. The predicted molar refractivity (Wildman–Crippen MR) is 113 cm³/mol. The molecule has 0 aliphatic rings. The third kappa shape index (κ3) is 6.07. The standard InChI is InChI=1S/C23H27FN2O4/c1-5-12-25-23(28)16(2)26(15-17-6-9-19(24)10-7-17)22(27)14-18-8-11-20(29-3)21(13-18)30-4/h5-11,13,16H,1,12,14-15H2,2-4H3,(H,25,28)/t16-/m1/s1. The van der Waals surface area contributed by atoms with Crippen molar-refractivity contribution in [3.63, 3.8) is 0 Å². The molecule has 6 nitrogen and oxygen atoms in total. The quantitative estimate of drug-likeness (QED) is 0.607. The summed E-state index contributed by atoms with van der Waals surface area (Å²) in [6.07, 6.45) is 1.64. The van der Waals surface area contributed by atoms with E-state index in [4.69, 9.17) is 9.47 Å². The first-order valence-corrected chi connectivity index (χ1v) is 9.53. The first-order chi connectivity index (χ1) is 14.4. The summed E-state index contributed by atoms with van der Waals surface area (Å²) < 4.78 is 23.8. The van der Waals surface area contributed by atoms with Crippen LogP contribution in [0.5, 0.6) is 11.5 Å². The van der Waals surface area contributed by atoms with Gasteiger partial charge in [0.15, 0.2) is 11.5 Å². The van der Waals surface area contributed by atoms with Crippen molar-refractivity contribution >= 4 is 11.8 Å². The highest BCUT2D eigenvalue weighted by molar-refractivity contribution is 5.88. The van der Waals surface area contributed by atoms with Gasteiger partial charge in [-0.1, -0.05) is 24.3 Å². The van der Waals surface area contributed by atoms with Gasteiger partial charge in [0.2, 0.25) is 11.8 Å². The Morgan fingerprint density at radius 2 is 1.73 bits per heavy atom. The maximum atomic E-state index is 13.3. The van der Waals surface area contributed by atoms with Crippen LogP contribution in [0.4, 0.5) is 4.39 Å². The van der Waals surface area contributed by atoms with E-state index in [0.29, 0.717) is 18.0 Å². The van der Waals surface area contributed by atoms with E-state index in [1.165, 1.54) is 31.3 Å². The van der Waals surface area contributed by atoms with Crippen LogP contribution in [0.2, 0.25) is 0 Å². The second kappa shape index (κ2) is 11.0. The van der Waals surface area contributed by atoms with Gasteiger partial charge in [0.1, 0.15) is 11.9 Å². The van der Waals surface area contributed by atoms with Gasteiger partial charge < -0.3 is 19.7 Å². The third-order valence-corrected chi connectivity index (χ3v) is 4.66. The van der Waals surface area contributed by atoms with E-state index in [9.17, 15) is 14.0 Å². The van der Waals surface area contributed by atoms with Gasteiger partial charge in [0, 0.05) is 13.1 Å². The molecule has 7 heteroatoms. The van der Waals surface area contributed by atoms with Gasteiger partial charge in [0.05, 0.1) is 20.6 Å². The Hall–Kier alpha value is -3.35. The van der Waals surface area contributed by atoms with Crippen molar-refractivity contribution in [3.05, 3.63) is 72.1 Å². The minimum Gasteiger partial charge on any atom is -0.493 e. The molecule has 0 unspecified atom stereocenters. The zero-order chi connectivity index (χ0) is 22.1. The number of rotatable bonds is 10. The number of amides is 2. The van der Waals surface area contributed by atoms with Crippen molar-refractivity contribution in [1.29, 1.82) is 0 Å². The van der Waals surface area contributed by atoms with E-state index in [2.05, 4.69) is 11.9 Å². The average Bonchev–Trinajstić information content (AvgIpc) is 2.76. The lowest BCUT2D eigenvalue weighted by Crippen LogP contribution is -2.48. The van der Waals surface area contributed by atoms with Crippen LogP contribution >= 0.6 is 0 Å². The van der Waals surface area contributed by atoms with E-state index in [0.717, 1.165) is 11.1 Å². The molecule has 1 atom stereocenters. The number of hydrogen-bond acceptors (Lipinski definition) is 4. The Morgan fingerprint density at radius 3 is 2.33 bits per heavy atom. The summed E-state index contributed by atoms with van der Waals surface area (Å²) in [5.74, 6) is 0.183. The fraction of sp³-hybridized carbons (Fsp3) is 0.304. The zero-order valence-electron chi connectivity index (χ0n) is 17.5. The lowest BCUT2D eigenvalue weighted by molar-refractivity contribution is -0.140. The molecule has 0 saturated heterocycles. The lowest BCUT2D eigenvalue weighted by Gasteiger charge is -2.29. The molecule has 160 valence electrons. The van der Waals surface area contributed by atoms with E-state index in [1.807, 2.05) is 0 Å². The summed E-state index contributed by atoms with van der Waals surface area (Å²) in [4.78, 5) is 27.1. The number of benzene rings is 2. The van der Waals surface area contributed by atoms with Crippen molar-refractivity contribution < 1.29 is 23.5 Å². The zero-order valence-corrected chi connectivity index (χ0v) is 17.5. The van der Waals surface area contributed by atoms with E-state index >= 15 is 0 Å². The topological polar surface area (TPSA) is 67.9 Å². The van der Waals surface area contributed by atoms with Gasteiger partial charge in [0.25, 0.3) is 0 Å². The lowest BCUT2D eigenvalue weighted by atomic mass is 10.1. The molecule has 0 heterocycles. The van der Waals surface area contributed by atoms with E-state index < -0.39 is 6.04 Å². The van der Waals surface area contributed by atoms with Crippen LogP contribution in [0.3, 0.4) is 0 Å². The highest BCUT2D eigenvalue weighted by Gasteiger charge is 2.26. The number of carbonyl (C=O) groups is 2. The number of nitrogens with one attached hydrogen (secondary N) is 1. The third-order valence-electron chi connectivity index (χ3n) is 4.66. The highest BCUT2D eigenvalue weighted by Crippen LogP contribution is 2.28. The number of ether oxygens (including phenoxy) is 2. The average molecular weight is 414 g/mol. The fourth-order valence-electron chi connectivity index (χ4n) is 2.96. The Morgan fingerprint density at radius 1 is 1.10 bits per heavy atom. The summed E-state index contributed by atoms with van der Waals surface area (Å²) >= 11 is 0. The first-order valence-electron chi connectivity index (χ1n) is 9.53. The normalized spacial score (nSPS) is 11.3. The molecule has 0 spiro atoms. The number of hydrogen-bond donors (Lipinski definition) is 1. The van der Waals surface area contributed by atoms with Crippen LogP contribution in [0, 0.1) is 5.82 Å². The predicted octanol–water partition coefficient (Wildman–Crippen LogP) is 3.10. The SMILES string of the molecule is C=CCNC(=O)[C@@H](C)N(Cc1ccc(F)cc1)C(=O)Cc1ccc(OC)c(OC)c1. The van der Waals surface area contributed by atoms with Gasteiger partial charge in [-0.05, 0) is 42.3 Å². The molecular weight excluding hydrogens is 387 g/mol. The molecule has 0 aliphatic heterocycles. The Balaban J connectivity index is 2.25. The van der Waals surface area contributed by atoms with Gasteiger partial charge >= 0.3 is 0 Å². The molecule has 2 aromatic carbocycles. The van der Waals surface area contributed by atoms with Gasteiger partial charge in [-0.3, -0.25) is 9.59 Å². The van der Waals surface area contributed by atoms with Crippen LogP contribution < -0.4 is 14.8 Å². The molecule has 0 radical (unpaired) electrons. The molecule has 1 N–H and O–H groups in total. The minimum atomic E-state index is -0.720. The Labute approximate surface area is 176 Å². The fourth-order valence-corrected chi connectivity index (χ4v) is 2.96. The molecule has 0 aromatic heterocycles. The molecule has 2 rings (SSSR count). The molecule has 2 aromatic rings. The Bertz CT molecular complexity index is 883. The molecule has 2 amide bonds. The maximum Gasteiger partial charge on any atom is 0.242 e. The van der Waals surface area contributed by atoms with Crippen LogP contribution in [-0.4, -0.2) is 43.5 Å². The van der Waals surface area contributed by atoms with Gasteiger partial charge in [-0.15, -0.1) is 6.58 Å². The van der Waals surface area contributed by atoms with Crippen molar-refractivity contribution in [2.45, 2.75) is 25.9 Å². The summed E-state index contributed by atoms with van der Waals surface area (Å²) in [5.41, 5.74) is 1.45. The first kappa shape index (κ1) is 22.9. The molecule has 0 fully saturated rings. The smallest absolute Gasteiger partial charge is 0.242 e. The summed E-state index contributed by atoms with van der Waals surface area (Å²) in [6.45, 7) is 5.72.